The Morgan fingerprint density at radius 2 is 1.89 bits per heavy atom. The minimum atomic E-state index is -0.742. The Morgan fingerprint density at radius 1 is 1.21 bits per heavy atom. The summed E-state index contributed by atoms with van der Waals surface area (Å²) in [5, 5.41) is 10.8. The number of carbonyl (C=O) groups is 3. The first-order chi connectivity index (χ1) is 9.00. The molecule has 3 fully saturated rings. The molecule has 2 aliphatic heterocycles. The maximum absolute atomic E-state index is 12.2. The van der Waals surface area contributed by atoms with Crippen LogP contribution in [0.2, 0.25) is 0 Å². The average molecular weight is 268 g/mol. The van der Waals surface area contributed by atoms with E-state index in [1.807, 2.05) is 0 Å². The van der Waals surface area contributed by atoms with Gasteiger partial charge >= 0.3 is 6.03 Å². The molecule has 104 valence electrons. The van der Waals surface area contributed by atoms with Crippen molar-refractivity contribution < 1.29 is 19.6 Å². The average Bonchev–Trinajstić information content (AvgIpc) is 3.24. The molecular weight excluding hydrogens is 252 g/mol. The summed E-state index contributed by atoms with van der Waals surface area (Å²) in [6.45, 7) is 0.303. The highest BCUT2D eigenvalue weighted by molar-refractivity contribution is 6.00. The third-order valence-electron chi connectivity index (χ3n) is 4.03. The van der Waals surface area contributed by atoms with Crippen molar-refractivity contribution in [1.82, 2.24) is 15.0 Å². The second-order valence-corrected chi connectivity index (χ2v) is 5.35. The van der Waals surface area contributed by atoms with Crippen LogP contribution in [0, 0.1) is 5.92 Å². The summed E-state index contributed by atoms with van der Waals surface area (Å²) in [4.78, 5) is 37.0. The van der Waals surface area contributed by atoms with Gasteiger partial charge in [-0.2, -0.15) is 0 Å². The number of nitrogens with two attached hydrogens (primary N) is 1. The number of urea groups is 1. The van der Waals surface area contributed by atoms with Crippen LogP contribution in [-0.2, 0) is 9.59 Å². The van der Waals surface area contributed by atoms with Crippen LogP contribution in [0.4, 0.5) is 4.79 Å². The zero-order valence-corrected chi connectivity index (χ0v) is 10.4. The number of imide groups is 1. The lowest BCUT2D eigenvalue weighted by molar-refractivity contribution is -0.149. The molecule has 2 saturated heterocycles. The number of carbonyl (C=O) groups excluding carboxylic acids is 3. The van der Waals surface area contributed by atoms with Gasteiger partial charge in [0.2, 0.25) is 5.91 Å². The maximum Gasteiger partial charge on any atom is 0.344 e. The van der Waals surface area contributed by atoms with Crippen LogP contribution < -0.4 is 5.84 Å². The lowest BCUT2D eigenvalue weighted by atomic mass is 10.00. The Balaban J connectivity index is 1.73. The van der Waals surface area contributed by atoms with Gasteiger partial charge in [-0.3, -0.25) is 14.8 Å². The normalized spacial score (nSPS) is 29.7. The molecule has 0 aromatic rings. The van der Waals surface area contributed by atoms with Gasteiger partial charge in [0.15, 0.2) is 0 Å². The molecule has 3 aliphatic rings. The molecule has 4 amide bonds. The molecule has 2 heterocycles. The van der Waals surface area contributed by atoms with Crippen molar-refractivity contribution in [2.24, 2.45) is 11.8 Å². The summed E-state index contributed by atoms with van der Waals surface area (Å²) in [5.41, 5.74) is 0. The molecule has 3 rings (SSSR count). The predicted molar refractivity (Wildman–Crippen MR) is 61.3 cm³/mol. The Morgan fingerprint density at radius 3 is 2.53 bits per heavy atom. The zero-order chi connectivity index (χ0) is 13.7. The fourth-order valence-electron chi connectivity index (χ4n) is 2.70. The summed E-state index contributed by atoms with van der Waals surface area (Å²) in [6, 6.07) is -1.59. The van der Waals surface area contributed by atoms with E-state index in [4.69, 9.17) is 5.84 Å². The molecule has 3 N–H and O–H groups in total. The van der Waals surface area contributed by atoms with Crippen LogP contribution in [0.25, 0.3) is 0 Å². The largest absolute Gasteiger partial charge is 0.344 e. The summed E-state index contributed by atoms with van der Waals surface area (Å²) >= 11 is 0. The van der Waals surface area contributed by atoms with Crippen molar-refractivity contribution in [3.05, 3.63) is 0 Å². The number of hydrogen-bond acceptors (Lipinski definition) is 5. The highest BCUT2D eigenvalue weighted by atomic mass is 16.5. The van der Waals surface area contributed by atoms with E-state index in [1.54, 1.807) is 0 Å². The number of fused-ring (bicyclic) bond motifs is 2. The van der Waals surface area contributed by atoms with E-state index in [9.17, 15) is 19.6 Å². The molecule has 2 atom stereocenters. The topological polar surface area (TPSA) is 107 Å². The molecule has 1 saturated carbocycles. The molecule has 2 bridgehead atoms. The van der Waals surface area contributed by atoms with E-state index >= 15 is 0 Å². The Kier molecular flexibility index (Phi) is 2.72. The molecule has 8 heteroatoms. The van der Waals surface area contributed by atoms with Gasteiger partial charge in [0.1, 0.15) is 6.04 Å². The smallest absolute Gasteiger partial charge is 0.309 e. The van der Waals surface area contributed by atoms with Crippen molar-refractivity contribution >= 4 is 17.8 Å². The third kappa shape index (κ3) is 1.87. The second kappa shape index (κ2) is 4.17. The van der Waals surface area contributed by atoms with Gasteiger partial charge in [0.25, 0.3) is 5.91 Å². The molecule has 0 radical (unpaired) electrons. The van der Waals surface area contributed by atoms with Gasteiger partial charge in [-0.1, -0.05) is 0 Å². The van der Waals surface area contributed by atoms with E-state index in [0.717, 1.165) is 12.8 Å². The molecule has 0 aromatic carbocycles. The van der Waals surface area contributed by atoms with Crippen LogP contribution in [0.3, 0.4) is 0 Å². The van der Waals surface area contributed by atoms with Crippen LogP contribution in [-0.4, -0.2) is 56.7 Å². The Hall–Kier alpha value is -1.67. The number of piperidine rings is 1. The number of rotatable bonds is 2. The van der Waals surface area contributed by atoms with E-state index in [1.165, 1.54) is 4.90 Å². The van der Waals surface area contributed by atoms with E-state index < -0.39 is 18.0 Å². The van der Waals surface area contributed by atoms with Gasteiger partial charge in [0.05, 0.1) is 6.04 Å². The van der Waals surface area contributed by atoms with Crippen LogP contribution in [0.1, 0.15) is 25.7 Å². The number of amides is 4. The van der Waals surface area contributed by atoms with Crippen molar-refractivity contribution in [2.75, 3.05) is 6.54 Å². The predicted octanol–water partition coefficient (Wildman–Crippen LogP) is -0.717. The molecule has 0 spiro atoms. The van der Waals surface area contributed by atoms with Crippen molar-refractivity contribution in [3.63, 3.8) is 0 Å². The van der Waals surface area contributed by atoms with Gasteiger partial charge < -0.3 is 4.90 Å². The minimum absolute atomic E-state index is 0.145. The summed E-state index contributed by atoms with van der Waals surface area (Å²) < 4.78 is 0. The van der Waals surface area contributed by atoms with Crippen molar-refractivity contribution in [2.45, 2.75) is 37.8 Å². The molecule has 8 nitrogen and oxygen atoms in total. The van der Waals surface area contributed by atoms with Gasteiger partial charge in [-0.05, 0) is 25.7 Å². The third-order valence-corrected chi connectivity index (χ3v) is 4.03. The van der Waals surface area contributed by atoms with E-state index in [2.05, 4.69) is 0 Å². The number of hydrazine groups is 1. The summed E-state index contributed by atoms with van der Waals surface area (Å²) in [7, 11) is 0. The number of hydrogen-bond donors (Lipinski definition) is 2. The lowest BCUT2D eigenvalue weighted by Gasteiger charge is -2.31. The fourth-order valence-corrected chi connectivity index (χ4v) is 2.70. The Bertz CT molecular complexity index is 450. The molecule has 0 aromatic heterocycles. The van der Waals surface area contributed by atoms with Gasteiger partial charge in [-0.25, -0.2) is 20.7 Å². The standard InChI is InChI=1S/C11H16N4O4/c12-14(9(16)6-1-2-6)10(17)8-4-3-7-5-13(8)11(18)15(7)19/h6-8,19H,1-5,12H2. The first kappa shape index (κ1) is 12.4. The van der Waals surface area contributed by atoms with E-state index in [-0.39, 0.29) is 17.9 Å². The quantitative estimate of drug-likeness (QED) is 0.226. The fraction of sp³-hybridized carbons (Fsp3) is 0.727. The van der Waals surface area contributed by atoms with Gasteiger partial charge in [-0.15, -0.1) is 0 Å². The number of hydroxylamine groups is 2. The molecule has 1 aliphatic carbocycles. The first-order valence-corrected chi connectivity index (χ1v) is 6.42. The minimum Gasteiger partial charge on any atom is -0.309 e. The van der Waals surface area contributed by atoms with Gasteiger partial charge in [0, 0.05) is 12.5 Å². The van der Waals surface area contributed by atoms with Crippen molar-refractivity contribution in [3.8, 4) is 0 Å². The summed E-state index contributed by atoms with van der Waals surface area (Å²) in [5.74, 6) is 4.49. The highest BCUT2D eigenvalue weighted by Crippen LogP contribution is 2.32. The zero-order valence-electron chi connectivity index (χ0n) is 10.4. The van der Waals surface area contributed by atoms with Crippen LogP contribution >= 0.6 is 0 Å². The van der Waals surface area contributed by atoms with Crippen LogP contribution in [0.5, 0.6) is 0 Å². The monoisotopic (exact) mass is 268 g/mol. The van der Waals surface area contributed by atoms with Crippen LogP contribution in [0.15, 0.2) is 0 Å². The molecular formula is C11H16N4O4. The molecule has 19 heavy (non-hydrogen) atoms. The Labute approximate surface area is 109 Å². The SMILES string of the molecule is NN(C(=O)C1CC1)C(=O)C1CCC2CN1C(=O)N2O. The highest BCUT2D eigenvalue weighted by Gasteiger charge is 2.48. The second-order valence-electron chi connectivity index (χ2n) is 5.35. The van der Waals surface area contributed by atoms with E-state index in [0.29, 0.717) is 29.5 Å². The molecule has 2 unspecified atom stereocenters. The maximum atomic E-state index is 12.2. The van der Waals surface area contributed by atoms with Crippen molar-refractivity contribution in [1.29, 1.82) is 0 Å². The summed E-state index contributed by atoms with van der Waals surface area (Å²) in [6.07, 6.45) is 2.47. The first-order valence-electron chi connectivity index (χ1n) is 6.42. The number of nitrogens with zero attached hydrogens (tertiary/aromatic N) is 3. The lowest BCUT2D eigenvalue weighted by Crippen LogP contribution is -2.55.